The Morgan fingerprint density at radius 2 is 1.93 bits per heavy atom. The minimum absolute atomic E-state index is 0.0995. The van der Waals surface area contributed by atoms with Gasteiger partial charge in [-0.1, -0.05) is 40.2 Å². The zero-order valence-electron chi connectivity index (χ0n) is 7.75. The van der Waals surface area contributed by atoms with Gasteiger partial charge in [-0.2, -0.15) is 0 Å². The first-order valence-corrected chi connectivity index (χ1v) is 5.17. The highest BCUT2D eigenvalue weighted by Crippen LogP contribution is 2.24. The van der Waals surface area contributed by atoms with Crippen LogP contribution in [-0.4, -0.2) is 5.78 Å². The Hall–Kier alpha value is -1.15. The van der Waals surface area contributed by atoms with Crippen molar-refractivity contribution in [3.8, 4) is 0 Å². The second-order valence-electron chi connectivity index (χ2n) is 3.23. The van der Waals surface area contributed by atoms with E-state index in [4.69, 9.17) is 0 Å². The highest BCUT2D eigenvalue weighted by atomic mass is 79.9. The summed E-state index contributed by atoms with van der Waals surface area (Å²) in [4.78, 5) is 11.4. The van der Waals surface area contributed by atoms with E-state index < -0.39 is 0 Å². The van der Waals surface area contributed by atoms with Crippen molar-refractivity contribution >= 4 is 32.5 Å². The van der Waals surface area contributed by atoms with E-state index in [0.29, 0.717) is 0 Å². The van der Waals surface area contributed by atoms with Crippen molar-refractivity contribution in [2.24, 2.45) is 0 Å². The molecule has 0 atom stereocenters. The fraction of sp³-hybridized carbons (Fsp3) is 0.0833. The number of carbonyl (C=O) groups is 1. The summed E-state index contributed by atoms with van der Waals surface area (Å²) in [5.74, 6) is 0.0995. The molecule has 14 heavy (non-hydrogen) atoms. The number of ketones is 1. The Morgan fingerprint density at radius 1 is 1.21 bits per heavy atom. The molecule has 1 nitrogen and oxygen atoms in total. The smallest absolute Gasteiger partial charge is 0.160 e. The van der Waals surface area contributed by atoms with Crippen LogP contribution in [0.15, 0.2) is 40.9 Å². The Bertz CT molecular complexity index is 503. The van der Waals surface area contributed by atoms with Crippen LogP contribution in [0, 0.1) is 0 Å². The second-order valence-corrected chi connectivity index (χ2v) is 4.15. The largest absolute Gasteiger partial charge is 0.294 e. The van der Waals surface area contributed by atoms with Gasteiger partial charge in [0, 0.05) is 10.0 Å². The molecule has 2 rings (SSSR count). The topological polar surface area (TPSA) is 17.1 Å². The van der Waals surface area contributed by atoms with Gasteiger partial charge in [-0.15, -0.1) is 0 Å². The molecule has 0 amide bonds. The first-order valence-electron chi connectivity index (χ1n) is 4.38. The van der Waals surface area contributed by atoms with Crippen LogP contribution in [0.1, 0.15) is 17.3 Å². The molecule has 0 saturated carbocycles. The molecule has 0 radical (unpaired) electrons. The van der Waals surface area contributed by atoms with Gasteiger partial charge in [0.1, 0.15) is 0 Å². The standard InChI is InChI=1S/C12H9BrO/c1-8(14)12-7-10(13)6-9-4-2-3-5-11(9)12/h2-7H,1H3. The molecule has 0 fully saturated rings. The second kappa shape index (κ2) is 3.54. The number of hydrogen-bond donors (Lipinski definition) is 0. The van der Waals surface area contributed by atoms with Crippen LogP contribution in [0.2, 0.25) is 0 Å². The summed E-state index contributed by atoms with van der Waals surface area (Å²) in [7, 11) is 0. The normalized spacial score (nSPS) is 10.4. The first-order chi connectivity index (χ1) is 6.68. The summed E-state index contributed by atoms with van der Waals surface area (Å²) >= 11 is 3.40. The summed E-state index contributed by atoms with van der Waals surface area (Å²) in [6, 6.07) is 11.8. The summed E-state index contributed by atoms with van der Waals surface area (Å²) in [6.45, 7) is 1.59. The number of carbonyl (C=O) groups excluding carboxylic acids is 1. The molecule has 0 aromatic heterocycles. The van der Waals surface area contributed by atoms with Crippen LogP contribution < -0.4 is 0 Å². The average molecular weight is 249 g/mol. The van der Waals surface area contributed by atoms with Crippen molar-refractivity contribution in [2.75, 3.05) is 0 Å². The van der Waals surface area contributed by atoms with Crippen molar-refractivity contribution in [3.63, 3.8) is 0 Å². The number of rotatable bonds is 1. The van der Waals surface area contributed by atoms with E-state index in [1.807, 2.05) is 36.4 Å². The van der Waals surface area contributed by atoms with Gasteiger partial charge in [0.2, 0.25) is 0 Å². The quantitative estimate of drug-likeness (QED) is 0.702. The van der Waals surface area contributed by atoms with E-state index in [0.717, 1.165) is 20.8 Å². The molecule has 0 saturated heterocycles. The van der Waals surface area contributed by atoms with Crippen molar-refractivity contribution in [3.05, 3.63) is 46.4 Å². The van der Waals surface area contributed by atoms with Gasteiger partial charge in [0.25, 0.3) is 0 Å². The van der Waals surface area contributed by atoms with E-state index in [1.165, 1.54) is 0 Å². The van der Waals surface area contributed by atoms with Crippen LogP contribution in [0.5, 0.6) is 0 Å². The number of hydrogen-bond acceptors (Lipinski definition) is 1. The van der Waals surface area contributed by atoms with Gasteiger partial charge in [-0.3, -0.25) is 4.79 Å². The molecule has 0 aliphatic heterocycles. The molecule has 0 heterocycles. The van der Waals surface area contributed by atoms with Gasteiger partial charge in [0.15, 0.2) is 5.78 Å². The van der Waals surface area contributed by atoms with Crippen molar-refractivity contribution < 1.29 is 4.79 Å². The van der Waals surface area contributed by atoms with Crippen LogP contribution in [0.4, 0.5) is 0 Å². The highest BCUT2D eigenvalue weighted by Gasteiger charge is 2.05. The molecule has 0 unspecified atom stereocenters. The molecule has 2 aromatic carbocycles. The summed E-state index contributed by atoms with van der Waals surface area (Å²) in [5, 5.41) is 2.11. The molecule has 0 N–H and O–H groups in total. The average Bonchev–Trinajstić information content (AvgIpc) is 2.16. The van der Waals surface area contributed by atoms with E-state index in [-0.39, 0.29) is 5.78 Å². The Balaban J connectivity index is 2.87. The lowest BCUT2D eigenvalue weighted by Crippen LogP contribution is -1.93. The van der Waals surface area contributed by atoms with Gasteiger partial charge >= 0.3 is 0 Å². The summed E-state index contributed by atoms with van der Waals surface area (Å²) in [6.07, 6.45) is 0. The Kier molecular flexibility index (Phi) is 2.38. The van der Waals surface area contributed by atoms with E-state index in [9.17, 15) is 4.79 Å². The molecular formula is C12H9BrO. The molecule has 2 heteroatoms. The minimum atomic E-state index is 0.0995. The van der Waals surface area contributed by atoms with Crippen LogP contribution in [0.25, 0.3) is 10.8 Å². The highest BCUT2D eigenvalue weighted by molar-refractivity contribution is 9.10. The first kappa shape index (κ1) is 9.41. The molecule has 2 aromatic rings. The number of halogens is 1. The maximum atomic E-state index is 11.4. The van der Waals surface area contributed by atoms with Crippen molar-refractivity contribution in [1.82, 2.24) is 0 Å². The van der Waals surface area contributed by atoms with Gasteiger partial charge < -0.3 is 0 Å². The van der Waals surface area contributed by atoms with Crippen molar-refractivity contribution in [1.29, 1.82) is 0 Å². The lowest BCUT2D eigenvalue weighted by molar-refractivity contribution is 0.101. The minimum Gasteiger partial charge on any atom is -0.294 e. The zero-order chi connectivity index (χ0) is 10.1. The predicted octanol–water partition coefficient (Wildman–Crippen LogP) is 3.80. The lowest BCUT2D eigenvalue weighted by atomic mass is 10.0. The number of Topliss-reactive ketones (excluding diaryl/α,β-unsaturated/α-hetero) is 1. The molecule has 0 spiro atoms. The van der Waals surface area contributed by atoms with E-state index in [1.54, 1.807) is 6.92 Å². The van der Waals surface area contributed by atoms with Gasteiger partial charge in [-0.05, 0) is 29.8 Å². The third kappa shape index (κ3) is 1.58. The van der Waals surface area contributed by atoms with Gasteiger partial charge in [-0.25, -0.2) is 0 Å². The van der Waals surface area contributed by atoms with Crippen molar-refractivity contribution in [2.45, 2.75) is 6.92 Å². The maximum absolute atomic E-state index is 11.4. The lowest BCUT2D eigenvalue weighted by Gasteiger charge is -2.03. The SMILES string of the molecule is CC(=O)c1cc(Br)cc2ccccc12. The summed E-state index contributed by atoms with van der Waals surface area (Å²) in [5.41, 5.74) is 0.773. The third-order valence-electron chi connectivity index (χ3n) is 2.21. The third-order valence-corrected chi connectivity index (χ3v) is 2.66. The zero-order valence-corrected chi connectivity index (χ0v) is 9.34. The van der Waals surface area contributed by atoms with Crippen LogP contribution in [0.3, 0.4) is 0 Å². The molecular weight excluding hydrogens is 240 g/mol. The Morgan fingerprint density at radius 3 is 2.64 bits per heavy atom. The number of benzene rings is 2. The molecule has 70 valence electrons. The fourth-order valence-electron chi connectivity index (χ4n) is 1.57. The summed E-state index contributed by atoms with van der Waals surface area (Å²) < 4.78 is 0.946. The van der Waals surface area contributed by atoms with Gasteiger partial charge in [0.05, 0.1) is 0 Å². The van der Waals surface area contributed by atoms with Crippen LogP contribution >= 0.6 is 15.9 Å². The van der Waals surface area contributed by atoms with Crippen LogP contribution in [-0.2, 0) is 0 Å². The molecule has 0 aliphatic rings. The molecule has 0 aliphatic carbocycles. The Labute approximate surface area is 90.9 Å². The van der Waals surface area contributed by atoms with E-state index in [2.05, 4.69) is 15.9 Å². The fourth-order valence-corrected chi connectivity index (χ4v) is 2.04. The maximum Gasteiger partial charge on any atom is 0.160 e. The monoisotopic (exact) mass is 248 g/mol. The molecule has 0 bridgehead atoms. The predicted molar refractivity (Wildman–Crippen MR) is 61.7 cm³/mol. The van der Waals surface area contributed by atoms with E-state index >= 15 is 0 Å². The number of fused-ring (bicyclic) bond motifs is 1.